The lowest BCUT2D eigenvalue weighted by Crippen LogP contribution is -2.49. The van der Waals surface area contributed by atoms with E-state index in [-0.39, 0.29) is 12.5 Å². The lowest BCUT2D eigenvalue weighted by molar-refractivity contribution is -0.132. The van der Waals surface area contributed by atoms with Gasteiger partial charge in [-0.2, -0.15) is 4.98 Å². The summed E-state index contributed by atoms with van der Waals surface area (Å²) in [5, 5.41) is 3.91. The van der Waals surface area contributed by atoms with Gasteiger partial charge in [-0.3, -0.25) is 14.6 Å². The van der Waals surface area contributed by atoms with Crippen LogP contribution in [0.15, 0.2) is 4.52 Å². The molecule has 0 spiro atoms. The van der Waals surface area contributed by atoms with Gasteiger partial charge in [-0.05, 0) is 13.8 Å². The van der Waals surface area contributed by atoms with Gasteiger partial charge in [-0.15, -0.1) is 0 Å². The average Bonchev–Trinajstić information content (AvgIpc) is 2.98. The zero-order chi connectivity index (χ0) is 15.9. The Labute approximate surface area is 131 Å². The molecule has 1 fully saturated rings. The number of nitrogens with two attached hydrogens (primary N) is 1. The predicted octanol–water partition coefficient (Wildman–Crippen LogP) is -0.486. The summed E-state index contributed by atoms with van der Waals surface area (Å²) in [6, 6.07) is 0. The number of carbonyl (C=O) groups is 1. The van der Waals surface area contributed by atoms with Crippen molar-refractivity contribution in [2.24, 2.45) is 5.73 Å². The van der Waals surface area contributed by atoms with E-state index in [4.69, 9.17) is 10.3 Å². The van der Waals surface area contributed by atoms with E-state index >= 15 is 0 Å². The quantitative estimate of drug-likeness (QED) is 0.727. The standard InChI is InChI=1S/C14H26N6O2/c1-3-20(4-2)14(21)11-19-7-5-18(6-8-19)10-12-16-13(9-15)22-17-12/h3-11,15H2,1-2H3. The van der Waals surface area contributed by atoms with Crippen molar-refractivity contribution in [3.8, 4) is 0 Å². The minimum Gasteiger partial charge on any atom is -0.342 e. The van der Waals surface area contributed by atoms with E-state index < -0.39 is 0 Å². The largest absolute Gasteiger partial charge is 0.342 e. The number of piperazine rings is 1. The molecule has 1 saturated heterocycles. The van der Waals surface area contributed by atoms with E-state index in [0.717, 1.165) is 39.3 Å². The number of likely N-dealkylation sites (N-methyl/N-ethyl adjacent to an activating group) is 1. The average molecular weight is 310 g/mol. The number of carbonyl (C=O) groups excluding carboxylic acids is 1. The lowest BCUT2D eigenvalue weighted by atomic mass is 10.3. The Balaban J connectivity index is 1.74. The van der Waals surface area contributed by atoms with Crippen LogP contribution in [0.25, 0.3) is 0 Å². The highest BCUT2D eigenvalue weighted by Crippen LogP contribution is 2.07. The SMILES string of the molecule is CCN(CC)C(=O)CN1CCN(Cc2noc(CN)n2)CC1. The molecule has 2 heterocycles. The molecule has 124 valence electrons. The topological polar surface area (TPSA) is 91.7 Å². The zero-order valence-electron chi connectivity index (χ0n) is 13.5. The van der Waals surface area contributed by atoms with Crippen molar-refractivity contribution in [3.63, 3.8) is 0 Å². The maximum Gasteiger partial charge on any atom is 0.240 e. The molecule has 1 aliphatic heterocycles. The van der Waals surface area contributed by atoms with Crippen molar-refractivity contribution in [3.05, 3.63) is 11.7 Å². The fraction of sp³-hybridized carbons (Fsp3) is 0.786. The summed E-state index contributed by atoms with van der Waals surface area (Å²) in [5.74, 6) is 1.36. The highest BCUT2D eigenvalue weighted by atomic mass is 16.5. The molecule has 0 atom stereocenters. The van der Waals surface area contributed by atoms with Crippen LogP contribution in [0.2, 0.25) is 0 Å². The molecular formula is C14H26N6O2. The summed E-state index contributed by atoms with van der Waals surface area (Å²) in [5.41, 5.74) is 5.46. The molecule has 1 aromatic rings. The number of nitrogens with zero attached hydrogens (tertiary/aromatic N) is 5. The fourth-order valence-corrected chi connectivity index (χ4v) is 2.61. The molecule has 0 bridgehead atoms. The molecule has 1 aliphatic rings. The van der Waals surface area contributed by atoms with Gasteiger partial charge in [0, 0.05) is 39.3 Å². The van der Waals surface area contributed by atoms with Gasteiger partial charge in [0.2, 0.25) is 11.8 Å². The third-order valence-electron chi connectivity index (χ3n) is 3.99. The van der Waals surface area contributed by atoms with E-state index in [1.165, 1.54) is 0 Å². The van der Waals surface area contributed by atoms with Gasteiger partial charge in [0.1, 0.15) is 0 Å². The highest BCUT2D eigenvalue weighted by Gasteiger charge is 2.21. The molecule has 8 nitrogen and oxygen atoms in total. The van der Waals surface area contributed by atoms with Gasteiger partial charge in [-0.1, -0.05) is 5.16 Å². The van der Waals surface area contributed by atoms with Crippen molar-refractivity contribution in [2.75, 3.05) is 45.8 Å². The molecule has 0 saturated carbocycles. The Bertz CT molecular complexity index is 466. The van der Waals surface area contributed by atoms with E-state index in [9.17, 15) is 4.79 Å². The predicted molar refractivity (Wildman–Crippen MR) is 81.8 cm³/mol. The fourth-order valence-electron chi connectivity index (χ4n) is 2.61. The van der Waals surface area contributed by atoms with E-state index in [1.54, 1.807) is 0 Å². The normalized spacial score (nSPS) is 16.9. The van der Waals surface area contributed by atoms with E-state index in [2.05, 4.69) is 19.9 Å². The molecule has 0 radical (unpaired) electrons. The Hall–Kier alpha value is -1.51. The molecule has 22 heavy (non-hydrogen) atoms. The number of rotatable bonds is 7. The Morgan fingerprint density at radius 1 is 1.23 bits per heavy atom. The van der Waals surface area contributed by atoms with E-state index in [1.807, 2.05) is 18.7 Å². The van der Waals surface area contributed by atoms with Gasteiger partial charge in [0.25, 0.3) is 0 Å². The summed E-state index contributed by atoms with van der Waals surface area (Å²) in [6.07, 6.45) is 0. The van der Waals surface area contributed by atoms with Crippen molar-refractivity contribution in [1.82, 2.24) is 24.8 Å². The minimum absolute atomic E-state index is 0.212. The summed E-state index contributed by atoms with van der Waals surface area (Å²) in [7, 11) is 0. The first-order chi connectivity index (χ1) is 10.7. The van der Waals surface area contributed by atoms with Gasteiger partial charge in [0.05, 0.1) is 19.6 Å². The van der Waals surface area contributed by atoms with Crippen LogP contribution in [0.3, 0.4) is 0 Å². The first kappa shape index (κ1) is 16.9. The number of hydrogen-bond donors (Lipinski definition) is 1. The third-order valence-corrected chi connectivity index (χ3v) is 3.99. The first-order valence-electron chi connectivity index (χ1n) is 7.90. The van der Waals surface area contributed by atoms with Gasteiger partial charge >= 0.3 is 0 Å². The molecule has 0 aliphatic carbocycles. The van der Waals surface area contributed by atoms with Gasteiger partial charge < -0.3 is 15.2 Å². The molecule has 0 aromatic carbocycles. The van der Waals surface area contributed by atoms with Crippen LogP contribution >= 0.6 is 0 Å². The summed E-state index contributed by atoms with van der Waals surface area (Å²) >= 11 is 0. The van der Waals surface area contributed by atoms with Crippen molar-refractivity contribution in [1.29, 1.82) is 0 Å². The zero-order valence-corrected chi connectivity index (χ0v) is 13.5. The number of aromatic nitrogens is 2. The van der Waals surface area contributed by atoms with Crippen molar-refractivity contribution in [2.45, 2.75) is 26.9 Å². The van der Waals surface area contributed by atoms with Crippen LogP contribution in [0.1, 0.15) is 25.6 Å². The summed E-state index contributed by atoms with van der Waals surface area (Å²) in [4.78, 5) is 22.7. The van der Waals surface area contributed by atoms with Crippen LogP contribution in [-0.2, 0) is 17.9 Å². The molecule has 8 heteroatoms. The molecular weight excluding hydrogens is 284 g/mol. The molecule has 2 N–H and O–H groups in total. The van der Waals surface area contributed by atoms with E-state index in [0.29, 0.717) is 24.8 Å². The number of hydrogen-bond acceptors (Lipinski definition) is 7. The van der Waals surface area contributed by atoms with Crippen LogP contribution in [0.4, 0.5) is 0 Å². The smallest absolute Gasteiger partial charge is 0.240 e. The second kappa shape index (κ2) is 8.21. The molecule has 1 amide bonds. The number of amides is 1. The maximum atomic E-state index is 12.1. The van der Waals surface area contributed by atoms with Crippen LogP contribution < -0.4 is 5.73 Å². The second-order valence-electron chi connectivity index (χ2n) is 5.43. The van der Waals surface area contributed by atoms with Crippen LogP contribution in [0, 0.1) is 0 Å². The summed E-state index contributed by atoms with van der Waals surface area (Å²) in [6.45, 7) is 10.6. The Kier molecular flexibility index (Phi) is 6.29. The lowest BCUT2D eigenvalue weighted by Gasteiger charge is -2.34. The minimum atomic E-state index is 0.212. The van der Waals surface area contributed by atoms with Crippen molar-refractivity contribution < 1.29 is 9.32 Å². The maximum absolute atomic E-state index is 12.1. The third kappa shape index (κ3) is 4.49. The van der Waals surface area contributed by atoms with Gasteiger partial charge in [-0.25, -0.2) is 0 Å². The molecule has 0 unspecified atom stereocenters. The second-order valence-corrected chi connectivity index (χ2v) is 5.43. The van der Waals surface area contributed by atoms with Gasteiger partial charge in [0.15, 0.2) is 5.82 Å². The first-order valence-corrected chi connectivity index (χ1v) is 7.90. The highest BCUT2D eigenvalue weighted by molar-refractivity contribution is 5.78. The van der Waals surface area contributed by atoms with Crippen LogP contribution in [0.5, 0.6) is 0 Å². The molecule has 2 rings (SSSR count). The Morgan fingerprint density at radius 3 is 2.41 bits per heavy atom. The monoisotopic (exact) mass is 310 g/mol. The Morgan fingerprint density at radius 2 is 1.86 bits per heavy atom. The summed E-state index contributed by atoms with van der Waals surface area (Å²) < 4.78 is 5.01. The molecule has 1 aromatic heterocycles. The van der Waals surface area contributed by atoms with Crippen molar-refractivity contribution >= 4 is 5.91 Å². The van der Waals surface area contributed by atoms with Crippen LogP contribution in [-0.4, -0.2) is 76.6 Å².